The van der Waals surface area contributed by atoms with Crippen LogP contribution in [0, 0.1) is 0 Å². The number of carbonyl (C=O) groups is 1. The van der Waals surface area contributed by atoms with Crippen molar-refractivity contribution in [3.8, 4) is 0 Å². The predicted octanol–water partition coefficient (Wildman–Crippen LogP) is 1.39. The van der Waals surface area contributed by atoms with Crippen molar-refractivity contribution in [3.63, 3.8) is 0 Å². The fraction of sp³-hybridized carbons (Fsp3) is 0.267. The molecule has 1 fully saturated rings. The zero-order valence-electron chi connectivity index (χ0n) is 10.9. The summed E-state index contributed by atoms with van der Waals surface area (Å²) in [6, 6.07) is 9.70. The van der Waals surface area contributed by atoms with E-state index in [1.165, 1.54) is 0 Å². The van der Waals surface area contributed by atoms with Gasteiger partial charge >= 0.3 is 0 Å². The average molecular weight is 266 g/mol. The first kappa shape index (κ1) is 11.5. The second-order valence-corrected chi connectivity index (χ2v) is 5.22. The summed E-state index contributed by atoms with van der Waals surface area (Å²) in [5.74, 6) is 0.531. The highest BCUT2D eigenvalue weighted by atomic mass is 16.2. The number of hydrogen-bond acceptors (Lipinski definition) is 4. The highest BCUT2D eigenvalue weighted by molar-refractivity contribution is 6.12. The van der Waals surface area contributed by atoms with E-state index in [4.69, 9.17) is 0 Å². The minimum atomic E-state index is -0.449. The van der Waals surface area contributed by atoms with Crippen LogP contribution in [0.4, 0.5) is 11.6 Å². The van der Waals surface area contributed by atoms with E-state index in [9.17, 15) is 4.79 Å². The van der Waals surface area contributed by atoms with Crippen molar-refractivity contribution in [2.45, 2.75) is 11.8 Å². The van der Waals surface area contributed by atoms with Gasteiger partial charge in [0.05, 0.1) is 11.1 Å². The van der Waals surface area contributed by atoms with Crippen LogP contribution in [0.1, 0.15) is 12.0 Å². The molecule has 5 heteroatoms. The number of benzene rings is 1. The molecule has 1 atom stereocenters. The molecule has 5 nitrogen and oxygen atoms in total. The molecule has 1 spiro atoms. The molecule has 1 amide bonds. The third kappa shape index (κ3) is 1.38. The normalized spacial score (nSPS) is 24.4. The number of anilines is 2. The minimum Gasteiger partial charge on any atom is -0.315 e. The Balaban J connectivity index is 1.92. The van der Waals surface area contributed by atoms with Crippen molar-refractivity contribution in [2.75, 3.05) is 18.0 Å². The molecule has 1 aromatic heterocycles. The summed E-state index contributed by atoms with van der Waals surface area (Å²) in [5.41, 5.74) is 1.55. The number of para-hydroxylation sites is 1. The molecule has 100 valence electrons. The SMILES string of the molecule is O=C1N(c2ncccn2)c2ccccc2C12CCNC2. The fourth-order valence-electron chi connectivity index (χ4n) is 3.22. The molecule has 0 bridgehead atoms. The van der Waals surface area contributed by atoms with Gasteiger partial charge in [-0.3, -0.25) is 4.79 Å². The monoisotopic (exact) mass is 266 g/mol. The number of amides is 1. The van der Waals surface area contributed by atoms with Crippen LogP contribution in [0.2, 0.25) is 0 Å². The Kier molecular flexibility index (Phi) is 2.37. The first-order valence-electron chi connectivity index (χ1n) is 6.75. The minimum absolute atomic E-state index is 0.0786. The number of fused-ring (bicyclic) bond motifs is 2. The van der Waals surface area contributed by atoms with Crippen LogP contribution in [0.3, 0.4) is 0 Å². The van der Waals surface area contributed by atoms with Gasteiger partial charge in [0, 0.05) is 18.9 Å². The third-order valence-corrected chi connectivity index (χ3v) is 4.18. The van der Waals surface area contributed by atoms with Gasteiger partial charge in [-0.15, -0.1) is 0 Å². The molecular formula is C15H14N4O. The molecule has 1 saturated heterocycles. The van der Waals surface area contributed by atoms with Crippen molar-refractivity contribution in [3.05, 3.63) is 48.3 Å². The highest BCUT2D eigenvalue weighted by Gasteiger charge is 2.53. The largest absolute Gasteiger partial charge is 0.315 e. The van der Waals surface area contributed by atoms with E-state index in [0.29, 0.717) is 12.5 Å². The standard InChI is InChI=1S/C15H14N4O/c20-13-15(6-9-16-10-15)11-4-1-2-5-12(11)19(13)14-17-7-3-8-18-14/h1-5,7-8,16H,6,9-10H2. The van der Waals surface area contributed by atoms with E-state index in [2.05, 4.69) is 15.3 Å². The second kappa shape index (κ2) is 4.11. The number of carbonyl (C=O) groups excluding carboxylic acids is 1. The Morgan fingerprint density at radius 2 is 1.95 bits per heavy atom. The van der Waals surface area contributed by atoms with Crippen LogP contribution < -0.4 is 10.2 Å². The maximum Gasteiger partial charge on any atom is 0.246 e. The Hall–Kier alpha value is -2.27. The molecule has 1 N–H and O–H groups in total. The first-order chi connectivity index (χ1) is 9.83. The Labute approximate surface area is 116 Å². The maximum absolute atomic E-state index is 13.0. The summed E-state index contributed by atoms with van der Waals surface area (Å²) >= 11 is 0. The number of hydrogen-bond donors (Lipinski definition) is 1. The van der Waals surface area contributed by atoms with Gasteiger partial charge in [-0.1, -0.05) is 18.2 Å². The summed E-state index contributed by atoms with van der Waals surface area (Å²) in [6.45, 7) is 1.55. The number of aromatic nitrogens is 2. The van der Waals surface area contributed by atoms with E-state index in [0.717, 1.165) is 24.2 Å². The topological polar surface area (TPSA) is 58.1 Å². The highest BCUT2D eigenvalue weighted by Crippen LogP contribution is 2.47. The van der Waals surface area contributed by atoms with Crippen LogP contribution in [0.5, 0.6) is 0 Å². The number of nitrogens with one attached hydrogen (secondary N) is 1. The smallest absolute Gasteiger partial charge is 0.246 e. The molecule has 1 unspecified atom stereocenters. The molecule has 3 heterocycles. The molecular weight excluding hydrogens is 252 g/mol. The van der Waals surface area contributed by atoms with E-state index in [1.54, 1.807) is 23.4 Å². The lowest BCUT2D eigenvalue weighted by Crippen LogP contribution is -2.40. The number of rotatable bonds is 1. The van der Waals surface area contributed by atoms with Gasteiger partial charge in [0.25, 0.3) is 0 Å². The van der Waals surface area contributed by atoms with Gasteiger partial charge in [-0.2, -0.15) is 0 Å². The second-order valence-electron chi connectivity index (χ2n) is 5.22. The van der Waals surface area contributed by atoms with E-state index in [-0.39, 0.29) is 5.91 Å². The summed E-state index contributed by atoms with van der Waals surface area (Å²) in [7, 11) is 0. The van der Waals surface area contributed by atoms with Crippen molar-refractivity contribution in [1.29, 1.82) is 0 Å². The van der Waals surface area contributed by atoms with Gasteiger partial charge < -0.3 is 5.32 Å². The van der Waals surface area contributed by atoms with Crippen LogP contribution >= 0.6 is 0 Å². The van der Waals surface area contributed by atoms with Crippen molar-refractivity contribution in [1.82, 2.24) is 15.3 Å². The van der Waals surface area contributed by atoms with Gasteiger partial charge in [-0.05, 0) is 30.7 Å². The molecule has 0 radical (unpaired) electrons. The van der Waals surface area contributed by atoms with E-state index >= 15 is 0 Å². The van der Waals surface area contributed by atoms with Gasteiger partial charge in [0.15, 0.2) is 0 Å². The van der Waals surface area contributed by atoms with E-state index in [1.807, 2.05) is 24.3 Å². The summed E-state index contributed by atoms with van der Waals surface area (Å²) in [5, 5.41) is 3.31. The maximum atomic E-state index is 13.0. The Morgan fingerprint density at radius 1 is 1.15 bits per heavy atom. The van der Waals surface area contributed by atoms with Gasteiger partial charge in [0.1, 0.15) is 0 Å². The third-order valence-electron chi connectivity index (χ3n) is 4.18. The van der Waals surface area contributed by atoms with Crippen molar-refractivity contribution >= 4 is 17.5 Å². The molecule has 2 aromatic rings. The molecule has 4 rings (SSSR count). The average Bonchev–Trinajstić information content (AvgIpc) is 3.07. The molecule has 20 heavy (non-hydrogen) atoms. The fourth-order valence-corrected chi connectivity index (χ4v) is 3.22. The van der Waals surface area contributed by atoms with Crippen LogP contribution in [0.25, 0.3) is 0 Å². The Bertz CT molecular complexity index is 665. The first-order valence-corrected chi connectivity index (χ1v) is 6.75. The summed E-state index contributed by atoms with van der Waals surface area (Å²) in [6.07, 6.45) is 4.15. The lowest BCUT2D eigenvalue weighted by Gasteiger charge is -2.21. The van der Waals surface area contributed by atoms with Gasteiger partial charge in [-0.25, -0.2) is 14.9 Å². The molecule has 2 aliphatic rings. The molecule has 2 aliphatic heterocycles. The zero-order chi connectivity index (χ0) is 13.6. The van der Waals surface area contributed by atoms with Gasteiger partial charge in [0.2, 0.25) is 11.9 Å². The Morgan fingerprint density at radius 3 is 2.70 bits per heavy atom. The summed E-state index contributed by atoms with van der Waals surface area (Å²) in [4.78, 5) is 23.1. The van der Waals surface area contributed by atoms with Crippen molar-refractivity contribution in [2.24, 2.45) is 0 Å². The van der Waals surface area contributed by atoms with Crippen LogP contribution in [-0.4, -0.2) is 29.0 Å². The molecule has 0 aliphatic carbocycles. The zero-order valence-corrected chi connectivity index (χ0v) is 10.9. The molecule has 1 aromatic carbocycles. The lowest BCUT2D eigenvalue weighted by atomic mass is 9.81. The summed E-state index contributed by atoms with van der Waals surface area (Å²) < 4.78 is 0. The molecule has 0 saturated carbocycles. The van der Waals surface area contributed by atoms with Crippen LogP contribution in [-0.2, 0) is 10.2 Å². The lowest BCUT2D eigenvalue weighted by molar-refractivity contribution is -0.121. The van der Waals surface area contributed by atoms with Crippen molar-refractivity contribution < 1.29 is 4.79 Å². The quantitative estimate of drug-likeness (QED) is 0.847. The number of nitrogens with zero attached hydrogens (tertiary/aromatic N) is 3. The van der Waals surface area contributed by atoms with E-state index < -0.39 is 5.41 Å². The van der Waals surface area contributed by atoms with Crippen LogP contribution in [0.15, 0.2) is 42.7 Å². The predicted molar refractivity (Wildman–Crippen MR) is 74.8 cm³/mol.